The molecule has 0 saturated heterocycles. The molecular weight excluding hydrogens is 310 g/mol. The van der Waals surface area contributed by atoms with E-state index in [0.717, 1.165) is 0 Å². The van der Waals surface area contributed by atoms with Crippen molar-refractivity contribution >= 4 is 5.91 Å². The molecule has 130 valence electrons. The Bertz CT molecular complexity index is 523. The molecule has 0 fully saturated rings. The second-order valence-corrected chi connectivity index (χ2v) is 5.04. The van der Waals surface area contributed by atoms with Crippen LogP contribution >= 0.6 is 0 Å². The smallest absolute Gasteiger partial charge is 0.251 e. The minimum absolute atomic E-state index is 0.0610. The summed E-state index contributed by atoms with van der Waals surface area (Å²) < 4.78 is 0. The van der Waals surface area contributed by atoms with Gasteiger partial charge in [0.2, 0.25) is 0 Å². The first-order valence-corrected chi connectivity index (χ1v) is 6.89. The summed E-state index contributed by atoms with van der Waals surface area (Å²) in [4.78, 5) is 11.6. The Hall–Kier alpha value is -1.91. The number of hydrogen-bond donors (Lipinski definition) is 8. The van der Waals surface area contributed by atoms with Gasteiger partial charge < -0.3 is 41.1 Å². The van der Waals surface area contributed by atoms with E-state index < -0.39 is 36.9 Å². The highest BCUT2D eigenvalue weighted by Crippen LogP contribution is 2.24. The van der Waals surface area contributed by atoms with Crippen molar-refractivity contribution in [3.63, 3.8) is 0 Å². The molecule has 0 aliphatic rings. The normalized spacial score (nSPS) is 16.4. The average molecular weight is 331 g/mol. The topological polar surface area (TPSA) is 171 Å². The van der Waals surface area contributed by atoms with Gasteiger partial charge in [-0.2, -0.15) is 0 Å². The molecule has 4 atom stereocenters. The molecule has 9 nitrogen and oxygen atoms in total. The largest absolute Gasteiger partial charge is 0.504 e. The lowest BCUT2D eigenvalue weighted by Crippen LogP contribution is -2.51. The molecule has 1 aromatic rings. The van der Waals surface area contributed by atoms with E-state index in [2.05, 4.69) is 5.32 Å². The monoisotopic (exact) mass is 331 g/mol. The van der Waals surface area contributed by atoms with Gasteiger partial charge >= 0.3 is 0 Å². The minimum Gasteiger partial charge on any atom is -0.504 e. The zero-order valence-electron chi connectivity index (χ0n) is 12.2. The van der Waals surface area contributed by atoms with E-state index in [1.807, 2.05) is 0 Å². The van der Waals surface area contributed by atoms with Crippen molar-refractivity contribution in [2.45, 2.75) is 30.8 Å². The van der Waals surface area contributed by atoms with Crippen LogP contribution in [0.2, 0.25) is 0 Å². The van der Waals surface area contributed by atoms with E-state index in [0.29, 0.717) is 5.56 Å². The maximum atomic E-state index is 11.6. The van der Waals surface area contributed by atoms with Crippen molar-refractivity contribution in [2.75, 3.05) is 13.2 Å². The van der Waals surface area contributed by atoms with Crippen molar-refractivity contribution in [3.8, 4) is 11.5 Å². The first-order valence-electron chi connectivity index (χ1n) is 6.89. The lowest BCUT2D eigenvalue weighted by Gasteiger charge is -2.24. The number of amides is 1. The predicted octanol–water partition coefficient (Wildman–Crippen LogP) is -2.81. The molecule has 0 aliphatic carbocycles. The molecule has 0 aromatic heterocycles. The Balaban J connectivity index is 2.47. The van der Waals surface area contributed by atoms with Gasteiger partial charge in [0.15, 0.2) is 17.6 Å². The number of hydrogen-bond acceptors (Lipinski definition) is 8. The van der Waals surface area contributed by atoms with Gasteiger partial charge in [-0.15, -0.1) is 0 Å². The summed E-state index contributed by atoms with van der Waals surface area (Å²) in [5, 5.41) is 67.1. The van der Waals surface area contributed by atoms with E-state index in [4.69, 9.17) is 15.3 Å². The number of benzene rings is 1. The van der Waals surface area contributed by atoms with Gasteiger partial charge in [-0.25, -0.2) is 0 Å². The zero-order valence-corrected chi connectivity index (χ0v) is 12.2. The molecule has 0 saturated carbocycles. The molecule has 1 rings (SSSR count). The zero-order chi connectivity index (χ0) is 17.6. The molecule has 23 heavy (non-hydrogen) atoms. The Kier molecular flexibility index (Phi) is 7.20. The first kappa shape index (κ1) is 19.1. The third-order valence-electron chi connectivity index (χ3n) is 3.28. The maximum Gasteiger partial charge on any atom is 0.251 e. The standard InChI is InChI=1S/C14H21NO8/c16-6-10(19)11(20)12(21)13(22)14(23)15-4-3-7-1-2-8(17)9(18)5-7/h1-2,5,10-13,16-22H,3-4,6H2,(H,15,23). The number of phenolic OH excluding ortho intramolecular Hbond substituents is 2. The predicted molar refractivity (Wildman–Crippen MR) is 77.6 cm³/mol. The number of aliphatic hydroxyl groups excluding tert-OH is 5. The Morgan fingerprint density at radius 1 is 1.04 bits per heavy atom. The number of aliphatic hydroxyl groups is 5. The van der Waals surface area contributed by atoms with E-state index in [1.54, 1.807) is 0 Å². The summed E-state index contributed by atoms with van der Waals surface area (Å²) >= 11 is 0. The van der Waals surface area contributed by atoms with Crippen LogP contribution in [0.3, 0.4) is 0 Å². The second-order valence-electron chi connectivity index (χ2n) is 5.04. The highest BCUT2D eigenvalue weighted by molar-refractivity contribution is 5.81. The lowest BCUT2D eigenvalue weighted by atomic mass is 10.0. The third kappa shape index (κ3) is 5.34. The van der Waals surface area contributed by atoms with Gasteiger partial charge in [0, 0.05) is 6.54 Å². The Morgan fingerprint density at radius 2 is 1.70 bits per heavy atom. The minimum atomic E-state index is -1.99. The van der Waals surface area contributed by atoms with Gasteiger partial charge in [0.1, 0.15) is 18.3 Å². The van der Waals surface area contributed by atoms with Crippen LogP contribution in [0.15, 0.2) is 18.2 Å². The van der Waals surface area contributed by atoms with Crippen LogP contribution in [-0.2, 0) is 11.2 Å². The molecule has 1 aromatic carbocycles. The van der Waals surface area contributed by atoms with Crippen molar-refractivity contribution < 1.29 is 40.5 Å². The SMILES string of the molecule is O=C(NCCc1ccc(O)c(O)c1)C(O)C(O)C(O)C(O)CO. The number of phenols is 2. The van der Waals surface area contributed by atoms with Crippen molar-refractivity contribution in [3.05, 3.63) is 23.8 Å². The fourth-order valence-electron chi connectivity index (χ4n) is 1.84. The van der Waals surface area contributed by atoms with Gasteiger partial charge in [-0.1, -0.05) is 6.07 Å². The summed E-state index contributed by atoms with van der Waals surface area (Å²) in [6, 6.07) is 4.14. The van der Waals surface area contributed by atoms with E-state index >= 15 is 0 Å². The number of rotatable bonds is 8. The molecule has 0 radical (unpaired) electrons. The van der Waals surface area contributed by atoms with Crippen molar-refractivity contribution in [1.29, 1.82) is 0 Å². The van der Waals surface area contributed by atoms with Gasteiger partial charge in [0.25, 0.3) is 5.91 Å². The Labute approximate surface area is 132 Å². The molecule has 0 heterocycles. The van der Waals surface area contributed by atoms with E-state index in [1.165, 1.54) is 18.2 Å². The molecular formula is C14H21NO8. The lowest BCUT2D eigenvalue weighted by molar-refractivity contribution is -0.148. The van der Waals surface area contributed by atoms with Crippen LogP contribution in [0.4, 0.5) is 0 Å². The van der Waals surface area contributed by atoms with Crippen LogP contribution in [-0.4, -0.2) is 79.2 Å². The first-order chi connectivity index (χ1) is 10.8. The number of carbonyl (C=O) groups is 1. The molecule has 1 amide bonds. The molecule has 0 bridgehead atoms. The van der Waals surface area contributed by atoms with E-state index in [-0.39, 0.29) is 24.5 Å². The number of nitrogens with one attached hydrogen (secondary N) is 1. The summed E-state index contributed by atoms with van der Waals surface area (Å²) in [6.45, 7) is -0.775. The van der Waals surface area contributed by atoms with Crippen LogP contribution in [0, 0.1) is 0 Å². The Morgan fingerprint density at radius 3 is 2.26 bits per heavy atom. The van der Waals surface area contributed by atoms with E-state index in [9.17, 15) is 25.2 Å². The molecule has 0 spiro atoms. The quantitative estimate of drug-likeness (QED) is 0.236. The molecule has 9 heteroatoms. The van der Waals surface area contributed by atoms with Crippen LogP contribution in [0.1, 0.15) is 5.56 Å². The number of aromatic hydroxyl groups is 2. The summed E-state index contributed by atoms with van der Waals surface area (Å²) in [5.41, 5.74) is 0.617. The van der Waals surface area contributed by atoms with Gasteiger partial charge in [0.05, 0.1) is 6.61 Å². The van der Waals surface area contributed by atoms with Crippen LogP contribution in [0.5, 0.6) is 11.5 Å². The molecule has 4 unspecified atom stereocenters. The second kappa shape index (κ2) is 8.65. The summed E-state index contributed by atoms with van der Waals surface area (Å²) in [6.07, 6.45) is -7.24. The molecule has 0 aliphatic heterocycles. The van der Waals surface area contributed by atoms with Crippen molar-refractivity contribution in [2.24, 2.45) is 0 Å². The van der Waals surface area contributed by atoms with Gasteiger partial charge in [-0.3, -0.25) is 4.79 Å². The van der Waals surface area contributed by atoms with Crippen molar-refractivity contribution in [1.82, 2.24) is 5.32 Å². The third-order valence-corrected chi connectivity index (χ3v) is 3.28. The summed E-state index contributed by atoms with van der Waals surface area (Å²) in [7, 11) is 0. The average Bonchev–Trinajstić information content (AvgIpc) is 2.55. The number of carbonyl (C=O) groups excluding carboxylic acids is 1. The fourth-order valence-corrected chi connectivity index (χ4v) is 1.84. The van der Waals surface area contributed by atoms with Crippen LogP contribution in [0.25, 0.3) is 0 Å². The highest BCUT2D eigenvalue weighted by Gasteiger charge is 2.33. The summed E-state index contributed by atoms with van der Waals surface area (Å²) in [5.74, 6) is -1.54. The van der Waals surface area contributed by atoms with Gasteiger partial charge in [-0.05, 0) is 24.1 Å². The highest BCUT2D eigenvalue weighted by atomic mass is 16.4. The molecule has 8 N–H and O–H groups in total. The van der Waals surface area contributed by atoms with Crippen LogP contribution < -0.4 is 5.32 Å². The fraction of sp³-hybridized carbons (Fsp3) is 0.500. The maximum absolute atomic E-state index is 11.6.